The zero-order valence-corrected chi connectivity index (χ0v) is 17.9. The molecule has 1 atom stereocenters. The Kier molecular flexibility index (Phi) is 6.56. The number of esters is 1. The van der Waals surface area contributed by atoms with Gasteiger partial charge in [-0.25, -0.2) is 9.78 Å². The molecule has 7 nitrogen and oxygen atoms in total. The van der Waals surface area contributed by atoms with E-state index in [-0.39, 0.29) is 18.1 Å². The van der Waals surface area contributed by atoms with Gasteiger partial charge in [0.2, 0.25) is 5.91 Å². The Labute approximate surface area is 176 Å². The molecule has 1 unspecified atom stereocenters. The van der Waals surface area contributed by atoms with Crippen molar-refractivity contribution in [1.29, 1.82) is 5.26 Å². The number of thioether (sulfide) groups is 1. The number of aromatic nitrogens is 2. The molecule has 2 aromatic heterocycles. The number of benzene rings is 1. The van der Waals surface area contributed by atoms with Crippen LogP contribution < -0.4 is 5.32 Å². The Morgan fingerprint density at radius 3 is 2.79 bits per heavy atom. The number of H-pyrrole nitrogens is 1. The lowest BCUT2D eigenvalue weighted by Crippen LogP contribution is -2.24. The molecule has 1 amide bonds. The number of amides is 1. The van der Waals surface area contributed by atoms with Crippen molar-refractivity contribution in [2.24, 2.45) is 0 Å². The van der Waals surface area contributed by atoms with Gasteiger partial charge in [0.15, 0.2) is 5.16 Å². The molecule has 0 aliphatic rings. The van der Waals surface area contributed by atoms with Crippen LogP contribution in [0, 0.1) is 18.3 Å². The van der Waals surface area contributed by atoms with Crippen LogP contribution in [0.25, 0.3) is 11.0 Å². The summed E-state index contributed by atoms with van der Waals surface area (Å²) < 4.78 is 5.04. The topological polar surface area (TPSA) is 108 Å². The molecule has 2 heterocycles. The second kappa shape index (κ2) is 9.11. The smallest absolute Gasteiger partial charge is 0.348 e. The Hall–Kier alpha value is -2.83. The van der Waals surface area contributed by atoms with Crippen LogP contribution in [0.3, 0.4) is 0 Å². The molecule has 0 bridgehead atoms. The summed E-state index contributed by atoms with van der Waals surface area (Å²) in [5.74, 6) is -0.734. The van der Waals surface area contributed by atoms with Crippen molar-refractivity contribution in [3.05, 3.63) is 40.3 Å². The number of carbonyl (C=O) groups is 2. The van der Waals surface area contributed by atoms with Crippen molar-refractivity contribution < 1.29 is 14.3 Å². The third kappa shape index (κ3) is 4.44. The van der Waals surface area contributed by atoms with Gasteiger partial charge in [0.05, 0.1) is 28.5 Å². The minimum atomic E-state index is -0.490. The molecular formula is C20H20N4O3S2. The molecule has 0 radical (unpaired) electrons. The van der Waals surface area contributed by atoms with Gasteiger partial charge in [-0.3, -0.25) is 4.79 Å². The van der Waals surface area contributed by atoms with Gasteiger partial charge in [-0.1, -0.05) is 30.8 Å². The molecule has 150 valence electrons. The fourth-order valence-electron chi connectivity index (χ4n) is 2.76. The highest BCUT2D eigenvalue weighted by molar-refractivity contribution is 8.00. The Balaban J connectivity index is 1.79. The molecule has 1 aromatic carbocycles. The van der Waals surface area contributed by atoms with Crippen molar-refractivity contribution in [3.63, 3.8) is 0 Å². The summed E-state index contributed by atoms with van der Waals surface area (Å²) in [5.41, 5.74) is 2.55. The predicted octanol–water partition coefficient (Wildman–Crippen LogP) is 4.49. The number of anilines is 1. The fourth-order valence-corrected chi connectivity index (χ4v) is 4.74. The monoisotopic (exact) mass is 428 g/mol. The van der Waals surface area contributed by atoms with E-state index in [9.17, 15) is 14.9 Å². The maximum absolute atomic E-state index is 12.9. The lowest BCUT2D eigenvalue weighted by atomic mass is 10.1. The number of hydrogen-bond donors (Lipinski definition) is 2. The maximum Gasteiger partial charge on any atom is 0.348 e. The van der Waals surface area contributed by atoms with Crippen LogP contribution in [0.1, 0.15) is 41.1 Å². The molecule has 0 saturated carbocycles. The van der Waals surface area contributed by atoms with Gasteiger partial charge in [-0.15, -0.1) is 11.3 Å². The van der Waals surface area contributed by atoms with Crippen LogP contribution in [-0.4, -0.2) is 33.7 Å². The number of thiophene rings is 1. The van der Waals surface area contributed by atoms with Crippen molar-refractivity contribution in [1.82, 2.24) is 9.97 Å². The largest absolute Gasteiger partial charge is 0.462 e. The zero-order valence-electron chi connectivity index (χ0n) is 16.2. The first kappa shape index (κ1) is 20.9. The summed E-state index contributed by atoms with van der Waals surface area (Å²) in [7, 11) is 0. The van der Waals surface area contributed by atoms with E-state index < -0.39 is 11.2 Å². The minimum absolute atomic E-state index is 0.242. The number of hydrogen-bond acceptors (Lipinski definition) is 7. The molecule has 0 aliphatic carbocycles. The van der Waals surface area contributed by atoms with Gasteiger partial charge in [0.1, 0.15) is 15.9 Å². The highest BCUT2D eigenvalue weighted by Crippen LogP contribution is 2.34. The number of carbonyl (C=O) groups excluding carboxylic acids is 2. The first-order valence-corrected chi connectivity index (χ1v) is 10.8. The van der Waals surface area contributed by atoms with Crippen LogP contribution in [0.15, 0.2) is 29.4 Å². The number of rotatable bonds is 7. The summed E-state index contributed by atoms with van der Waals surface area (Å²) in [5, 5.41) is 12.9. The number of nitriles is 1. The molecule has 2 N–H and O–H groups in total. The van der Waals surface area contributed by atoms with E-state index in [1.54, 1.807) is 13.8 Å². The van der Waals surface area contributed by atoms with E-state index in [4.69, 9.17) is 4.74 Å². The van der Waals surface area contributed by atoms with Crippen LogP contribution in [-0.2, 0) is 9.53 Å². The van der Waals surface area contributed by atoms with Crippen molar-refractivity contribution in [3.8, 4) is 6.07 Å². The third-order valence-corrected chi connectivity index (χ3v) is 6.68. The molecule has 0 saturated heterocycles. The predicted molar refractivity (Wildman–Crippen MR) is 114 cm³/mol. The van der Waals surface area contributed by atoms with E-state index in [0.717, 1.165) is 22.4 Å². The lowest BCUT2D eigenvalue weighted by Gasteiger charge is -2.12. The first-order chi connectivity index (χ1) is 14.0. The van der Waals surface area contributed by atoms with Crippen molar-refractivity contribution >= 4 is 51.0 Å². The van der Waals surface area contributed by atoms with Crippen LogP contribution in [0.4, 0.5) is 5.00 Å². The van der Waals surface area contributed by atoms with Crippen molar-refractivity contribution in [2.45, 2.75) is 37.6 Å². The number of nitrogens with one attached hydrogen (secondary N) is 2. The highest BCUT2D eigenvalue weighted by atomic mass is 32.2. The van der Waals surface area contributed by atoms with Gasteiger partial charge in [-0.05, 0) is 38.0 Å². The molecule has 3 aromatic rings. The van der Waals surface area contributed by atoms with Crippen LogP contribution >= 0.6 is 23.1 Å². The molecule has 29 heavy (non-hydrogen) atoms. The summed E-state index contributed by atoms with van der Waals surface area (Å²) >= 11 is 2.40. The molecule has 0 aliphatic heterocycles. The van der Waals surface area contributed by atoms with Gasteiger partial charge in [0.25, 0.3) is 0 Å². The van der Waals surface area contributed by atoms with E-state index in [0.29, 0.717) is 27.0 Å². The second-order valence-corrected chi connectivity index (χ2v) is 8.37. The second-order valence-electron chi connectivity index (χ2n) is 6.16. The molecule has 3 rings (SSSR count). The van der Waals surface area contributed by atoms with Crippen molar-refractivity contribution in [2.75, 3.05) is 11.9 Å². The fraction of sp³-hybridized carbons (Fsp3) is 0.300. The van der Waals surface area contributed by atoms with E-state index in [1.807, 2.05) is 31.2 Å². The quantitative estimate of drug-likeness (QED) is 0.424. The van der Waals surface area contributed by atoms with E-state index in [2.05, 4.69) is 21.4 Å². The van der Waals surface area contributed by atoms with Gasteiger partial charge in [-0.2, -0.15) is 5.26 Å². The average Bonchev–Trinajstić information content (AvgIpc) is 3.26. The maximum atomic E-state index is 12.9. The molecule has 0 fully saturated rings. The summed E-state index contributed by atoms with van der Waals surface area (Å²) in [4.78, 5) is 33.0. The highest BCUT2D eigenvalue weighted by Gasteiger charge is 2.25. The third-order valence-electron chi connectivity index (χ3n) is 4.24. The number of fused-ring (bicyclic) bond motifs is 1. The number of para-hydroxylation sites is 2. The van der Waals surface area contributed by atoms with Crippen LogP contribution in [0.5, 0.6) is 0 Å². The minimum Gasteiger partial charge on any atom is -0.462 e. The number of ether oxygens (including phenoxy) is 1. The van der Waals surface area contributed by atoms with Gasteiger partial charge >= 0.3 is 5.97 Å². The Morgan fingerprint density at radius 2 is 2.14 bits per heavy atom. The van der Waals surface area contributed by atoms with Gasteiger partial charge in [0, 0.05) is 0 Å². The molecular weight excluding hydrogens is 408 g/mol. The zero-order chi connectivity index (χ0) is 21.0. The Morgan fingerprint density at radius 1 is 1.38 bits per heavy atom. The number of aromatic amines is 1. The summed E-state index contributed by atoms with van der Waals surface area (Å²) in [6.45, 7) is 5.55. The average molecular weight is 429 g/mol. The first-order valence-electron chi connectivity index (χ1n) is 9.11. The van der Waals surface area contributed by atoms with Gasteiger partial charge < -0.3 is 15.0 Å². The normalized spacial score (nSPS) is 11.8. The summed E-state index contributed by atoms with van der Waals surface area (Å²) in [6, 6.07) is 9.73. The SMILES string of the molecule is CCOC(=O)c1sc(NC(=O)C(CC)Sc2nc3ccccc3[nH]2)c(C#N)c1C. The summed E-state index contributed by atoms with van der Waals surface area (Å²) in [6.07, 6.45) is 0.574. The lowest BCUT2D eigenvalue weighted by molar-refractivity contribution is -0.115. The molecule has 9 heteroatoms. The Bertz CT molecular complexity index is 1060. The van der Waals surface area contributed by atoms with Crippen LogP contribution in [0.2, 0.25) is 0 Å². The number of nitrogens with zero attached hydrogens (tertiary/aromatic N) is 2. The standard InChI is InChI=1S/C20H20N4O3S2/c1-4-15(28-20-22-13-8-6-7-9-14(13)23-20)17(25)24-18-12(10-21)11(3)16(29-18)19(26)27-5-2/h6-9,15H,4-5H2,1-3H3,(H,22,23)(H,24,25). The van der Waals surface area contributed by atoms with E-state index in [1.165, 1.54) is 11.8 Å². The number of imidazole rings is 1. The van der Waals surface area contributed by atoms with E-state index >= 15 is 0 Å². The molecule has 0 spiro atoms.